The van der Waals surface area contributed by atoms with Crippen molar-refractivity contribution in [2.75, 3.05) is 0 Å². The Morgan fingerprint density at radius 2 is 0.900 bits per heavy atom. The number of hydrogen-bond donors (Lipinski definition) is 0. The second kappa shape index (κ2) is 11.4. The summed E-state index contributed by atoms with van der Waals surface area (Å²) in [7, 11) is 0. The fourth-order valence-corrected chi connectivity index (χ4v) is 7.16. The van der Waals surface area contributed by atoms with Gasteiger partial charge in [-0.3, -0.25) is 0 Å². The molecule has 50 heavy (non-hydrogen) atoms. The molecule has 10 rings (SSSR count). The van der Waals surface area contributed by atoms with Crippen LogP contribution >= 0.6 is 0 Å². The maximum absolute atomic E-state index is 6.97. The summed E-state index contributed by atoms with van der Waals surface area (Å²) in [6.45, 7) is 0. The summed E-state index contributed by atoms with van der Waals surface area (Å²) in [5.41, 5.74) is 9.83. The average molecular weight is 641 g/mol. The highest BCUT2D eigenvalue weighted by atomic mass is 16.3. The van der Waals surface area contributed by atoms with Crippen molar-refractivity contribution in [2.45, 2.75) is 0 Å². The molecule has 0 saturated heterocycles. The van der Waals surface area contributed by atoms with Gasteiger partial charge in [-0.1, -0.05) is 140 Å². The Labute approximate surface area is 287 Å². The molecule has 0 aliphatic heterocycles. The molecule has 0 amide bonds. The van der Waals surface area contributed by atoms with E-state index in [1.807, 2.05) is 60.7 Å². The van der Waals surface area contributed by atoms with Crippen molar-refractivity contribution in [2.24, 2.45) is 0 Å². The summed E-state index contributed by atoms with van der Waals surface area (Å²) < 4.78 is 9.30. The summed E-state index contributed by atoms with van der Waals surface area (Å²) >= 11 is 0. The Balaban J connectivity index is 1.24. The normalized spacial score (nSPS) is 11.6. The number of para-hydroxylation sites is 2. The second-order valence-corrected chi connectivity index (χ2v) is 12.4. The van der Waals surface area contributed by atoms with Crippen LogP contribution in [-0.2, 0) is 0 Å². The first-order valence-electron chi connectivity index (χ1n) is 16.7. The first-order valence-corrected chi connectivity index (χ1v) is 16.7. The highest BCUT2D eigenvalue weighted by molar-refractivity contribution is 6.17. The molecular weight excluding hydrogens is 613 g/mol. The maximum atomic E-state index is 6.97. The van der Waals surface area contributed by atoms with Gasteiger partial charge in [0.1, 0.15) is 5.58 Å². The number of rotatable bonds is 5. The Morgan fingerprint density at radius 3 is 1.48 bits per heavy atom. The smallest absolute Gasteiger partial charge is 0.164 e. The molecule has 234 valence electrons. The van der Waals surface area contributed by atoms with Crippen LogP contribution in [0.1, 0.15) is 0 Å². The maximum Gasteiger partial charge on any atom is 0.164 e. The van der Waals surface area contributed by atoms with Gasteiger partial charge in [0, 0.05) is 38.2 Å². The minimum atomic E-state index is 0.589. The van der Waals surface area contributed by atoms with Gasteiger partial charge in [-0.05, 0) is 41.5 Å². The van der Waals surface area contributed by atoms with Gasteiger partial charge in [0.25, 0.3) is 0 Å². The van der Waals surface area contributed by atoms with E-state index in [4.69, 9.17) is 19.4 Å². The SMILES string of the molecule is c1ccc(-c2nc(-c3ccccc3)nc(-c3ccc4c(c3)oc3c(-n5c6ccccc6c6ccccc65)ccc(-c5ccccc5)c34)n2)cc1. The van der Waals surface area contributed by atoms with Crippen molar-refractivity contribution in [3.8, 4) is 51.0 Å². The predicted octanol–water partition coefficient (Wildman–Crippen LogP) is 11.5. The number of fused-ring (bicyclic) bond motifs is 6. The number of nitrogens with zero attached hydrogens (tertiary/aromatic N) is 4. The highest BCUT2D eigenvalue weighted by Gasteiger charge is 2.21. The molecule has 0 saturated carbocycles. The summed E-state index contributed by atoms with van der Waals surface area (Å²) in [5.74, 6) is 1.84. The van der Waals surface area contributed by atoms with E-state index in [1.54, 1.807) is 0 Å². The van der Waals surface area contributed by atoms with Crippen LogP contribution in [0.3, 0.4) is 0 Å². The first-order chi connectivity index (χ1) is 24.8. The van der Waals surface area contributed by atoms with Gasteiger partial charge in [0.05, 0.1) is 16.7 Å². The van der Waals surface area contributed by atoms with Gasteiger partial charge in [-0.25, -0.2) is 15.0 Å². The second-order valence-electron chi connectivity index (χ2n) is 12.4. The molecule has 0 radical (unpaired) electrons. The van der Waals surface area contributed by atoms with Crippen molar-refractivity contribution in [3.63, 3.8) is 0 Å². The van der Waals surface area contributed by atoms with Crippen LogP contribution in [0.15, 0.2) is 174 Å². The third kappa shape index (κ3) is 4.52. The zero-order valence-corrected chi connectivity index (χ0v) is 26.9. The Bertz CT molecular complexity index is 2750. The number of benzene rings is 7. The standard InChI is InChI=1S/C45H28N4O/c1-4-14-29(15-5-1)33-26-27-39(49-37-22-12-10-20-34(37)35-21-11-13-23-38(35)49)42-41(33)36-25-24-32(28-40(36)50-42)45-47-43(30-16-6-2-7-17-30)46-44(48-45)31-18-8-3-9-19-31/h1-28H. The molecule has 10 aromatic rings. The summed E-state index contributed by atoms with van der Waals surface area (Å²) in [6.07, 6.45) is 0. The molecule has 0 fully saturated rings. The Hall–Kier alpha value is -6.85. The number of furan rings is 1. The molecule has 3 aromatic heterocycles. The molecular formula is C45H28N4O. The minimum absolute atomic E-state index is 0.589. The van der Waals surface area contributed by atoms with Gasteiger partial charge in [-0.2, -0.15) is 0 Å². The summed E-state index contributed by atoms with van der Waals surface area (Å²) in [6, 6.07) is 58.5. The molecule has 0 spiro atoms. The Morgan fingerprint density at radius 1 is 0.400 bits per heavy atom. The van der Waals surface area contributed by atoms with Crippen LogP contribution in [0.25, 0.3) is 94.7 Å². The van der Waals surface area contributed by atoms with Crippen LogP contribution in [0.2, 0.25) is 0 Å². The van der Waals surface area contributed by atoms with Gasteiger partial charge < -0.3 is 8.98 Å². The molecule has 5 heteroatoms. The molecule has 0 bridgehead atoms. The third-order valence-corrected chi connectivity index (χ3v) is 9.46. The van der Waals surface area contributed by atoms with Gasteiger partial charge in [-0.15, -0.1) is 0 Å². The minimum Gasteiger partial charge on any atom is -0.454 e. The third-order valence-electron chi connectivity index (χ3n) is 9.46. The lowest BCUT2D eigenvalue weighted by atomic mass is 9.98. The van der Waals surface area contributed by atoms with Crippen LogP contribution in [0.4, 0.5) is 0 Å². The molecule has 0 atom stereocenters. The molecule has 0 aliphatic carbocycles. The number of hydrogen-bond acceptors (Lipinski definition) is 4. The zero-order valence-electron chi connectivity index (χ0n) is 26.9. The van der Waals surface area contributed by atoms with E-state index in [2.05, 4.69) is 114 Å². The van der Waals surface area contributed by atoms with Crippen molar-refractivity contribution in [1.82, 2.24) is 19.5 Å². The molecule has 3 heterocycles. The van der Waals surface area contributed by atoms with E-state index in [9.17, 15) is 0 Å². The van der Waals surface area contributed by atoms with Crippen LogP contribution < -0.4 is 0 Å². The van der Waals surface area contributed by atoms with E-state index >= 15 is 0 Å². The monoisotopic (exact) mass is 640 g/mol. The van der Waals surface area contributed by atoms with Crippen LogP contribution in [-0.4, -0.2) is 19.5 Å². The van der Waals surface area contributed by atoms with Crippen LogP contribution in [0.5, 0.6) is 0 Å². The average Bonchev–Trinajstić information content (AvgIpc) is 3.75. The van der Waals surface area contributed by atoms with Crippen LogP contribution in [0, 0.1) is 0 Å². The fraction of sp³-hybridized carbons (Fsp3) is 0. The van der Waals surface area contributed by atoms with Gasteiger partial charge >= 0.3 is 0 Å². The quantitative estimate of drug-likeness (QED) is 0.188. The lowest BCUT2D eigenvalue weighted by Gasteiger charge is -2.11. The van der Waals surface area contributed by atoms with Gasteiger partial charge in [0.15, 0.2) is 23.1 Å². The zero-order chi connectivity index (χ0) is 33.0. The van der Waals surface area contributed by atoms with Crippen molar-refractivity contribution in [1.29, 1.82) is 0 Å². The van der Waals surface area contributed by atoms with Crippen molar-refractivity contribution in [3.05, 3.63) is 170 Å². The van der Waals surface area contributed by atoms with Crippen molar-refractivity contribution >= 4 is 43.7 Å². The molecule has 5 nitrogen and oxygen atoms in total. The van der Waals surface area contributed by atoms with E-state index in [0.29, 0.717) is 17.5 Å². The molecule has 0 unspecified atom stereocenters. The predicted molar refractivity (Wildman–Crippen MR) is 203 cm³/mol. The van der Waals surface area contributed by atoms with E-state index in [0.717, 1.165) is 66.5 Å². The molecule has 0 aliphatic rings. The topological polar surface area (TPSA) is 56.7 Å². The Kier molecular flexibility index (Phi) is 6.42. The van der Waals surface area contributed by atoms with E-state index in [-0.39, 0.29) is 0 Å². The lowest BCUT2D eigenvalue weighted by Crippen LogP contribution is -2.00. The van der Waals surface area contributed by atoms with E-state index < -0.39 is 0 Å². The fourth-order valence-electron chi connectivity index (χ4n) is 7.16. The molecule has 0 N–H and O–H groups in total. The lowest BCUT2D eigenvalue weighted by molar-refractivity contribution is 0.666. The largest absolute Gasteiger partial charge is 0.454 e. The first kappa shape index (κ1) is 28.2. The van der Waals surface area contributed by atoms with Gasteiger partial charge in [0.2, 0.25) is 0 Å². The molecule has 7 aromatic carbocycles. The summed E-state index contributed by atoms with van der Waals surface area (Å²) in [5, 5.41) is 4.52. The summed E-state index contributed by atoms with van der Waals surface area (Å²) in [4.78, 5) is 14.9. The highest BCUT2D eigenvalue weighted by Crippen LogP contribution is 2.43. The van der Waals surface area contributed by atoms with E-state index in [1.165, 1.54) is 10.8 Å². The van der Waals surface area contributed by atoms with Crippen molar-refractivity contribution < 1.29 is 4.42 Å². The number of aromatic nitrogens is 4.